The molecule has 0 saturated carbocycles. The SMILES string of the molecule is Cc1ccc2cc(O)c(N3C=C(O)NS3(=O)=O)cc2c1. The normalized spacial score (nSPS) is 17.1. The van der Waals surface area contributed by atoms with Gasteiger partial charge in [-0.25, -0.2) is 9.03 Å². The molecular weight excluding hydrogens is 280 g/mol. The molecule has 7 heteroatoms. The van der Waals surface area contributed by atoms with Gasteiger partial charge in [0.15, 0.2) is 0 Å². The molecule has 0 bridgehead atoms. The zero-order valence-electron chi connectivity index (χ0n) is 10.5. The highest BCUT2D eigenvalue weighted by molar-refractivity contribution is 7.91. The second-order valence-corrected chi connectivity index (χ2v) is 6.16. The average molecular weight is 292 g/mol. The summed E-state index contributed by atoms with van der Waals surface area (Å²) < 4.78 is 26.4. The topological polar surface area (TPSA) is 89.9 Å². The van der Waals surface area contributed by atoms with E-state index in [1.54, 1.807) is 6.07 Å². The number of hydrogen-bond donors (Lipinski definition) is 3. The van der Waals surface area contributed by atoms with Crippen LogP contribution in [0, 0.1) is 6.92 Å². The minimum absolute atomic E-state index is 0.0830. The smallest absolute Gasteiger partial charge is 0.330 e. The molecule has 0 unspecified atom stereocenters. The van der Waals surface area contributed by atoms with Crippen LogP contribution in [0.25, 0.3) is 10.8 Å². The number of anilines is 1. The molecule has 0 fully saturated rings. The van der Waals surface area contributed by atoms with E-state index in [9.17, 15) is 18.6 Å². The van der Waals surface area contributed by atoms with E-state index in [0.717, 1.165) is 26.8 Å². The molecule has 0 spiro atoms. The van der Waals surface area contributed by atoms with Gasteiger partial charge in [0.05, 0.1) is 6.20 Å². The molecule has 2 aromatic rings. The lowest BCUT2D eigenvalue weighted by atomic mass is 10.1. The van der Waals surface area contributed by atoms with Crippen molar-refractivity contribution in [1.29, 1.82) is 0 Å². The number of hydrogen-bond acceptors (Lipinski definition) is 4. The Morgan fingerprint density at radius 1 is 1.10 bits per heavy atom. The van der Waals surface area contributed by atoms with Crippen LogP contribution in [0.15, 0.2) is 42.4 Å². The third kappa shape index (κ3) is 1.92. The summed E-state index contributed by atoms with van der Waals surface area (Å²) in [6.45, 7) is 1.92. The number of fused-ring (bicyclic) bond motifs is 1. The molecule has 0 radical (unpaired) electrons. The van der Waals surface area contributed by atoms with Crippen LogP contribution in [0.5, 0.6) is 5.75 Å². The molecule has 1 aliphatic rings. The zero-order chi connectivity index (χ0) is 14.5. The molecule has 1 heterocycles. The Balaban J connectivity index is 2.24. The first kappa shape index (κ1) is 12.6. The van der Waals surface area contributed by atoms with Crippen molar-refractivity contribution in [1.82, 2.24) is 4.72 Å². The summed E-state index contributed by atoms with van der Waals surface area (Å²) in [5, 5.41) is 20.9. The molecule has 0 aliphatic carbocycles. The number of phenols is 1. The van der Waals surface area contributed by atoms with E-state index in [-0.39, 0.29) is 11.4 Å². The summed E-state index contributed by atoms with van der Waals surface area (Å²) in [5.74, 6) is -0.675. The van der Waals surface area contributed by atoms with Gasteiger partial charge in [-0.1, -0.05) is 23.8 Å². The van der Waals surface area contributed by atoms with Crippen LogP contribution in [0.1, 0.15) is 5.56 Å². The van der Waals surface area contributed by atoms with E-state index in [1.807, 2.05) is 29.8 Å². The lowest BCUT2D eigenvalue weighted by Gasteiger charge is -2.16. The number of nitrogens with one attached hydrogen (secondary N) is 1. The number of nitrogens with zero attached hydrogens (tertiary/aromatic N) is 1. The van der Waals surface area contributed by atoms with Gasteiger partial charge in [0, 0.05) is 0 Å². The lowest BCUT2D eigenvalue weighted by Crippen LogP contribution is -2.29. The zero-order valence-corrected chi connectivity index (χ0v) is 11.3. The van der Waals surface area contributed by atoms with Crippen molar-refractivity contribution in [3.8, 4) is 5.75 Å². The van der Waals surface area contributed by atoms with Gasteiger partial charge in [0.1, 0.15) is 11.4 Å². The molecule has 3 rings (SSSR count). The largest absolute Gasteiger partial charge is 0.506 e. The maximum absolute atomic E-state index is 11.8. The van der Waals surface area contributed by atoms with Gasteiger partial charge < -0.3 is 10.2 Å². The van der Waals surface area contributed by atoms with Gasteiger partial charge in [-0.05, 0) is 29.8 Å². The maximum atomic E-state index is 11.8. The van der Waals surface area contributed by atoms with Crippen molar-refractivity contribution >= 4 is 26.7 Å². The Labute approximate surface area is 115 Å². The number of rotatable bonds is 1. The lowest BCUT2D eigenvalue weighted by molar-refractivity contribution is 0.392. The van der Waals surface area contributed by atoms with E-state index >= 15 is 0 Å². The molecule has 3 N–H and O–H groups in total. The molecule has 0 aromatic heterocycles. The number of phenolic OH excluding ortho intramolecular Hbond substituents is 1. The minimum atomic E-state index is -3.91. The number of aliphatic hydroxyl groups is 1. The average Bonchev–Trinajstić information content (AvgIpc) is 2.62. The highest BCUT2D eigenvalue weighted by Crippen LogP contribution is 2.35. The highest BCUT2D eigenvalue weighted by atomic mass is 32.2. The molecule has 1 aliphatic heterocycles. The summed E-state index contributed by atoms with van der Waals surface area (Å²) in [5.41, 5.74) is 1.11. The van der Waals surface area contributed by atoms with Crippen LogP contribution < -0.4 is 9.03 Å². The first-order chi connectivity index (χ1) is 9.37. The number of aromatic hydroxyl groups is 1. The van der Waals surface area contributed by atoms with Gasteiger partial charge in [0.25, 0.3) is 0 Å². The minimum Gasteiger partial charge on any atom is -0.506 e. The Hall–Kier alpha value is -2.41. The molecule has 20 heavy (non-hydrogen) atoms. The van der Waals surface area contributed by atoms with Gasteiger partial charge >= 0.3 is 10.2 Å². The van der Waals surface area contributed by atoms with E-state index < -0.39 is 16.1 Å². The van der Waals surface area contributed by atoms with Crippen molar-refractivity contribution in [3.05, 3.63) is 48.0 Å². The second kappa shape index (κ2) is 4.04. The summed E-state index contributed by atoms with van der Waals surface area (Å²) in [6.07, 6.45) is 1.01. The third-order valence-electron chi connectivity index (χ3n) is 3.06. The fourth-order valence-corrected chi connectivity index (χ4v) is 3.22. The second-order valence-electron chi connectivity index (χ2n) is 4.61. The maximum Gasteiger partial charge on any atom is 0.330 e. The van der Waals surface area contributed by atoms with Gasteiger partial charge in [-0.3, -0.25) is 0 Å². The standard InChI is InChI=1S/C13H12N2O4S/c1-8-2-3-9-6-12(16)11(5-10(9)4-8)15-7-13(17)14-20(15,18)19/h2-7,14,16-17H,1H3. The summed E-state index contributed by atoms with van der Waals surface area (Å²) >= 11 is 0. The van der Waals surface area contributed by atoms with E-state index in [2.05, 4.69) is 0 Å². The molecule has 0 saturated heterocycles. The van der Waals surface area contributed by atoms with Crippen LogP contribution in [-0.2, 0) is 10.2 Å². The van der Waals surface area contributed by atoms with E-state index in [1.165, 1.54) is 6.07 Å². The predicted molar refractivity (Wildman–Crippen MR) is 75.6 cm³/mol. The Kier molecular flexibility index (Phi) is 2.55. The highest BCUT2D eigenvalue weighted by Gasteiger charge is 2.30. The van der Waals surface area contributed by atoms with Crippen molar-refractivity contribution in [2.75, 3.05) is 4.31 Å². The fourth-order valence-electron chi connectivity index (χ4n) is 2.16. The van der Waals surface area contributed by atoms with Crippen LogP contribution in [0.2, 0.25) is 0 Å². The molecule has 6 nitrogen and oxygen atoms in total. The van der Waals surface area contributed by atoms with Crippen LogP contribution in [0.4, 0.5) is 5.69 Å². The van der Waals surface area contributed by atoms with Gasteiger partial charge in [-0.15, -0.1) is 0 Å². The van der Waals surface area contributed by atoms with E-state index in [0.29, 0.717) is 0 Å². The van der Waals surface area contributed by atoms with Crippen molar-refractivity contribution in [2.45, 2.75) is 6.92 Å². The Morgan fingerprint density at radius 3 is 2.50 bits per heavy atom. The number of aryl methyl sites for hydroxylation is 1. The molecule has 104 valence electrons. The quantitative estimate of drug-likeness (QED) is 0.748. The molecule has 0 amide bonds. The predicted octanol–water partition coefficient (Wildman–Crippen LogP) is 1.87. The number of benzene rings is 2. The summed E-state index contributed by atoms with van der Waals surface area (Å²) in [7, 11) is -3.91. The molecular formula is C13H12N2O4S. The van der Waals surface area contributed by atoms with Crippen LogP contribution >= 0.6 is 0 Å². The first-order valence-corrected chi connectivity index (χ1v) is 7.27. The van der Waals surface area contributed by atoms with Gasteiger partial charge in [0.2, 0.25) is 5.88 Å². The molecule has 0 atom stereocenters. The van der Waals surface area contributed by atoms with Gasteiger partial charge in [-0.2, -0.15) is 8.42 Å². The van der Waals surface area contributed by atoms with Crippen LogP contribution in [-0.4, -0.2) is 18.6 Å². The number of aliphatic hydroxyl groups excluding tert-OH is 1. The fraction of sp³-hybridized carbons (Fsp3) is 0.0769. The van der Waals surface area contributed by atoms with E-state index in [4.69, 9.17) is 0 Å². The Morgan fingerprint density at radius 2 is 1.85 bits per heavy atom. The summed E-state index contributed by atoms with van der Waals surface area (Å²) in [4.78, 5) is 0. The van der Waals surface area contributed by atoms with Crippen LogP contribution in [0.3, 0.4) is 0 Å². The monoisotopic (exact) mass is 292 g/mol. The van der Waals surface area contributed by atoms with Crippen molar-refractivity contribution < 1.29 is 18.6 Å². The summed E-state index contributed by atoms with van der Waals surface area (Å²) in [6, 6.07) is 8.69. The first-order valence-electron chi connectivity index (χ1n) is 5.83. The Bertz CT molecular complexity index is 843. The van der Waals surface area contributed by atoms with Crippen molar-refractivity contribution in [2.24, 2.45) is 0 Å². The third-order valence-corrected chi connectivity index (χ3v) is 4.35. The molecule has 2 aromatic carbocycles. The van der Waals surface area contributed by atoms with Crippen molar-refractivity contribution in [3.63, 3.8) is 0 Å².